The number of allylic oxidation sites excluding steroid dienone is 4. The molecule has 0 aromatic carbocycles. The van der Waals surface area contributed by atoms with Crippen LogP contribution >= 0.6 is 0 Å². The monoisotopic (exact) mass is 354 g/mol. The van der Waals surface area contributed by atoms with E-state index in [2.05, 4.69) is 0 Å². The van der Waals surface area contributed by atoms with Gasteiger partial charge in [-0.25, -0.2) is 0 Å². The molecule has 0 saturated carbocycles. The van der Waals surface area contributed by atoms with Crippen molar-refractivity contribution in [1.82, 2.24) is 0 Å². The summed E-state index contributed by atoms with van der Waals surface area (Å²) >= 11 is 0. The molecule has 0 aliphatic carbocycles. The quantitative estimate of drug-likeness (QED) is 0.257. The van der Waals surface area contributed by atoms with E-state index < -0.39 is 11.9 Å². The van der Waals surface area contributed by atoms with Gasteiger partial charge in [0.15, 0.2) is 11.6 Å². The second kappa shape index (κ2) is 17.4. The minimum atomic E-state index is -1.27. The summed E-state index contributed by atoms with van der Waals surface area (Å²) in [6, 6.07) is 0. The normalized spacial score (nSPS) is 11.4. The molecule has 0 N–H and O–H groups in total. The summed E-state index contributed by atoms with van der Waals surface area (Å²) in [5.41, 5.74) is 0. The maximum atomic E-state index is 10.4. The number of carboxylic acid groups (broad SMARTS) is 1. The molecule has 7 nitrogen and oxygen atoms in total. The van der Waals surface area contributed by atoms with E-state index in [0.29, 0.717) is 6.42 Å². The number of hydrogen-bond donors (Lipinski definition) is 0. The molecule has 0 saturated heterocycles. The van der Waals surface area contributed by atoms with Gasteiger partial charge < -0.3 is 20.1 Å². The average Bonchev–Trinajstić information content (AvgIpc) is 2.25. The van der Waals surface area contributed by atoms with Crippen molar-refractivity contribution in [2.24, 2.45) is 5.92 Å². The number of rotatable bonds is 5. The van der Waals surface area contributed by atoms with Gasteiger partial charge in [0.05, 0.1) is 11.9 Å². The number of Topliss-reactive ketones (excluding diaryl/α,β-unsaturated/α-hetero) is 1. The predicted octanol–water partition coefficient (Wildman–Crippen LogP) is -1.35. The van der Waals surface area contributed by atoms with E-state index in [1.54, 1.807) is 6.92 Å². The van der Waals surface area contributed by atoms with Crippen molar-refractivity contribution in [3.63, 3.8) is 0 Å². The van der Waals surface area contributed by atoms with Crippen LogP contribution in [0.15, 0.2) is 23.7 Å². The van der Waals surface area contributed by atoms with Gasteiger partial charge in [-0.3, -0.25) is 14.4 Å². The summed E-state index contributed by atoms with van der Waals surface area (Å²) in [5.74, 6) is -3.27. The fourth-order valence-corrected chi connectivity index (χ4v) is 1.19. The van der Waals surface area contributed by atoms with Crippen LogP contribution in [0, 0.1) is 5.92 Å². The first-order valence-electron chi connectivity index (χ1n) is 6.78. The van der Waals surface area contributed by atoms with Crippen LogP contribution in [-0.4, -0.2) is 40.7 Å². The Bertz CT molecular complexity index is 429. The van der Waals surface area contributed by atoms with E-state index in [-0.39, 0.29) is 46.2 Å². The second-order valence-corrected chi connectivity index (χ2v) is 4.62. The molecule has 8 heteroatoms. The van der Waals surface area contributed by atoms with Gasteiger partial charge in [0.2, 0.25) is 0 Å². The summed E-state index contributed by atoms with van der Waals surface area (Å²) in [6.45, 7) is 8.29. The Labute approximate surface area is 153 Å². The van der Waals surface area contributed by atoms with Crippen LogP contribution in [-0.2, 0) is 19.2 Å². The molecule has 1 atom stereocenters. The van der Waals surface area contributed by atoms with Crippen LogP contribution in [0.5, 0.6) is 0 Å². The number of hydrogen-bond acceptors (Lipinski definition) is 7. The molecule has 0 aliphatic heterocycles. The molecule has 24 heavy (non-hydrogen) atoms. The van der Waals surface area contributed by atoms with E-state index >= 15 is 0 Å². The average molecular weight is 354 g/mol. The summed E-state index contributed by atoms with van der Waals surface area (Å²) in [6.07, 6.45) is 2.43. The Hall–Kier alpha value is -1.91. The van der Waals surface area contributed by atoms with E-state index in [1.807, 2.05) is 0 Å². The molecule has 132 valence electrons. The van der Waals surface area contributed by atoms with Crippen LogP contribution in [0.4, 0.5) is 0 Å². The molecular formula is C16H23AlO7. The Balaban J connectivity index is -0.000000124. The van der Waals surface area contributed by atoms with Gasteiger partial charge in [-0.2, -0.15) is 0 Å². The summed E-state index contributed by atoms with van der Waals surface area (Å²) in [4.78, 5) is 40.4. The van der Waals surface area contributed by atoms with Gasteiger partial charge in [-0.05, 0) is 39.3 Å². The Morgan fingerprint density at radius 3 is 1.08 bits per heavy atom. The second-order valence-electron chi connectivity index (χ2n) is 4.62. The van der Waals surface area contributed by atoms with Gasteiger partial charge in [0.1, 0.15) is 5.78 Å². The van der Waals surface area contributed by atoms with Crippen molar-refractivity contribution in [2.75, 3.05) is 0 Å². The topological polar surface area (TPSA) is 137 Å². The zero-order chi connectivity index (χ0) is 19.2. The first-order chi connectivity index (χ1) is 10.3. The van der Waals surface area contributed by atoms with Crippen LogP contribution in [0.1, 0.15) is 48.0 Å². The first kappa shape index (κ1) is 30.0. The minimum Gasteiger partial charge on any atom is -0.876 e. The maximum Gasteiger partial charge on any atom is 3.00 e. The smallest absolute Gasteiger partial charge is 0.876 e. The fourth-order valence-electron chi connectivity index (χ4n) is 1.19. The Morgan fingerprint density at radius 2 is 1.08 bits per heavy atom. The summed E-state index contributed by atoms with van der Waals surface area (Å²) in [7, 11) is 0. The molecule has 0 amide bonds. The number of ketones is 3. The van der Waals surface area contributed by atoms with Gasteiger partial charge in [-0.15, -0.1) is 11.5 Å². The predicted molar refractivity (Wildman–Crippen MR) is 84.1 cm³/mol. The largest absolute Gasteiger partial charge is 3.00 e. The molecule has 0 radical (unpaired) electrons. The molecular weight excluding hydrogens is 331 g/mol. The third-order valence-electron chi connectivity index (χ3n) is 2.00. The SMILES string of the molecule is CC(=O)/C=C(/C)[O-].CC(=O)/C=C(/C)[O-].CCC(C(C)=O)C(=O)[O-].[Al+3]. The van der Waals surface area contributed by atoms with Crippen molar-refractivity contribution in [2.45, 2.75) is 48.0 Å². The number of carbonyl (C=O) groups excluding carboxylic acids is 4. The van der Waals surface area contributed by atoms with E-state index in [4.69, 9.17) is 0 Å². The summed E-state index contributed by atoms with van der Waals surface area (Å²) < 4.78 is 0. The molecule has 0 aromatic rings. The Kier molecular flexibility index (Phi) is 21.8. The number of carbonyl (C=O) groups is 4. The van der Waals surface area contributed by atoms with Gasteiger partial charge in [0, 0.05) is 0 Å². The van der Waals surface area contributed by atoms with Crippen molar-refractivity contribution in [3.8, 4) is 0 Å². The fraction of sp³-hybridized carbons (Fsp3) is 0.500. The number of carboxylic acids is 1. The molecule has 0 fully saturated rings. The van der Waals surface area contributed by atoms with Gasteiger partial charge >= 0.3 is 17.4 Å². The van der Waals surface area contributed by atoms with Crippen molar-refractivity contribution in [3.05, 3.63) is 23.7 Å². The van der Waals surface area contributed by atoms with E-state index in [1.165, 1.54) is 34.6 Å². The first-order valence-corrected chi connectivity index (χ1v) is 6.78. The van der Waals surface area contributed by atoms with Crippen molar-refractivity contribution < 1.29 is 34.5 Å². The van der Waals surface area contributed by atoms with Crippen molar-refractivity contribution in [1.29, 1.82) is 0 Å². The minimum absolute atomic E-state index is 0. The zero-order valence-electron chi connectivity index (χ0n) is 14.9. The Morgan fingerprint density at radius 1 is 0.792 bits per heavy atom. The van der Waals surface area contributed by atoms with Crippen LogP contribution in [0.3, 0.4) is 0 Å². The van der Waals surface area contributed by atoms with E-state index in [9.17, 15) is 34.5 Å². The van der Waals surface area contributed by atoms with Gasteiger partial charge in [-0.1, -0.05) is 20.8 Å². The molecule has 0 bridgehead atoms. The molecule has 0 spiro atoms. The zero-order valence-corrected chi connectivity index (χ0v) is 16.0. The molecule has 0 aromatic heterocycles. The molecule has 0 heterocycles. The summed E-state index contributed by atoms with van der Waals surface area (Å²) in [5, 5.41) is 30.0. The van der Waals surface area contributed by atoms with Gasteiger partial charge in [0.25, 0.3) is 0 Å². The van der Waals surface area contributed by atoms with Crippen LogP contribution in [0.2, 0.25) is 0 Å². The van der Waals surface area contributed by atoms with Crippen LogP contribution in [0.25, 0.3) is 0 Å². The molecule has 1 unspecified atom stereocenters. The number of aliphatic carboxylic acids is 1. The molecule has 0 rings (SSSR count). The van der Waals surface area contributed by atoms with Crippen molar-refractivity contribution >= 4 is 40.7 Å². The standard InChI is InChI=1S/C6H10O3.2C5H8O2.Al/c1-3-5(4(2)7)6(8)9;2*1-4(6)3-5(2)7;/h5H,3H2,1-2H3,(H,8,9);2*3,6H,1-2H3;/q;;;+3/p-3/b;2*4-3-;. The molecule has 0 aliphatic rings. The third-order valence-corrected chi connectivity index (χ3v) is 2.00. The van der Waals surface area contributed by atoms with Crippen LogP contribution < -0.4 is 15.3 Å². The van der Waals surface area contributed by atoms with E-state index in [0.717, 1.165) is 12.2 Å². The third kappa shape index (κ3) is 28.3. The maximum absolute atomic E-state index is 10.4.